The number of nitrogens with zero attached hydrogens (tertiary/aromatic N) is 3. The number of piperidine rings is 1. The van der Waals surface area contributed by atoms with E-state index in [1.165, 1.54) is 0 Å². The number of aromatic nitrogens is 2. The molecule has 0 spiro atoms. The number of carbonyl (C=O) groups excluding carboxylic acids is 1. The molecule has 0 unspecified atom stereocenters. The Morgan fingerprint density at radius 2 is 1.89 bits per heavy atom. The van der Waals surface area contributed by atoms with Gasteiger partial charge in [0, 0.05) is 42.4 Å². The first kappa shape index (κ1) is 18.8. The highest BCUT2D eigenvalue weighted by molar-refractivity contribution is 6.42. The van der Waals surface area contributed by atoms with Crippen molar-refractivity contribution in [1.29, 1.82) is 0 Å². The van der Waals surface area contributed by atoms with Crippen LogP contribution in [-0.4, -0.2) is 40.3 Å². The number of ether oxygens (including phenoxy) is 1. The van der Waals surface area contributed by atoms with Gasteiger partial charge in [-0.2, -0.15) is 5.10 Å². The Morgan fingerprint density at radius 1 is 1.11 bits per heavy atom. The first-order valence-corrected chi connectivity index (χ1v) is 9.74. The van der Waals surface area contributed by atoms with Crippen LogP contribution in [0, 0.1) is 0 Å². The van der Waals surface area contributed by atoms with Gasteiger partial charge in [0.25, 0.3) is 0 Å². The van der Waals surface area contributed by atoms with Crippen molar-refractivity contribution in [2.24, 2.45) is 0 Å². The number of urea groups is 1. The zero-order chi connectivity index (χ0) is 19.5. The summed E-state index contributed by atoms with van der Waals surface area (Å²) in [4.78, 5) is 14.2. The largest absolute Gasteiger partial charge is 0.473 e. The van der Waals surface area contributed by atoms with Gasteiger partial charge >= 0.3 is 6.03 Å². The molecule has 1 saturated heterocycles. The van der Waals surface area contributed by atoms with Crippen LogP contribution in [0.15, 0.2) is 48.7 Å². The van der Waals surface area contributed by atoms with Gasteiger partial charge < -0.3 is 15.0 Å². The first-order chi connectivity index (χ1) is 13.6. The van der Waals surface area contributed by atoms with Gasteiger partial charge in [0.2, 0.25) is 5.88 Å². The average molecular weight is 417 g/mol. The zero-order valence-corrected chi connectivity index (χ0v) is 16.5. The second-order valence-corrected chi connectivity index (χ2v) is 7.41. The third-order valence-electron chi connectivity index (χ3n) is 4.71. The summed E-state index contributed by atoms with van der Waals surface area (Å²) in [6.45, 7) is 1.19. The van der Waals surface area contributed by atoms with Crippen LogP contribution in [0.1, 0.15) is 12.8 Å². The molecule has 0 saturated carbocycles. The van der Waals surface area contributed by atoms with E-state index in [4.69, 9.17) is 27.9 Å². The van der Waals surface area contributed by atoms with Crippen LogP contribution in [0.5, 0.6) is 5.88 Å². The number of hydrogen-bond acceptors (Lipinski definition) is 4. The molecule has 1 N–H and O–H groups in total. The summed E-state index contributed by atoms with van der Waals surface area (Å²) in [6.07, 6.45) is 3.16. The van der Waals surface area contributed by atoms with Crippen molar-refractivity contribution in [2.45, 2.75) is 18.9 Å². The second-order valence-electron chi connectivity index (χ2n) is 6.60. The van der Waals surface area contributed by atoms with Crippen LogP contribution in [0.25, 0.3) is 10.8 Å². The number of carbonyl (C=O) groups is 1. The maximum Gasteiger partial charge on any atom is 0.321 e. The highest BCUT2D eigenvalue weighted by Crippen LogP contribution is 2.27. The lowest BCUT2D eigenvalue weighted by molar-refractivity contribution is 0.112. The Balaban J connectivity index is 1.35. The second kappa shape index (κ2) is 8.20. The van der Waals surface area contributed by atoms with E-state index < -0.39 is 0 Å². The number of nitrogens with one attached hydrogen (secondary N) is 1. The van der Waals surface area contributed by atoms with Crippen molar-refractivity contribution in [3.8, 4) is 5.88 Å². The molecular formula is C20H18Cl2N4O2. The smallest absolute Gasteiger partial charge is 0.321 e. The van der Waals surface area contributed by atoms with E-state index in [1.54, 1.807) is 29.3 Å². The van der Waals surface area contributed by atoms with Gasteiger partial charge in [0.05, 0.1) is 16.2 Å². The minimum atomic E-state index is -0.165. The van der Waals surface area contributed by atoms with Gasteiger partial charge in [0.1, 0.15) is 6.10 Å². The van der Waals surface area contributed by atoms with E-state index in [0.29, 0.717) is 34.7 Å². The van der Waals surface area contributed by atoms with E-state index in [-0.39, 0.29) is 12.1 Å². The number of halogens is 2. The molecule has 8 heteroatoms. The van der Waals surface area contributed by atoms with Crippen LogP contribution in [0.3, 0.4) is 0 Å². The molecule has 28 heavy (non-hydrogen) atoms. The monoisotopic (exact) mass is 416 g/mol. The van der Waals surface area contributed by atoms with Gasteiger partial charge in [-0.3, -0.25) is 0 Å². The summed E-state index contributed by atoms with van der Waals surface area (Å²) in [6, 6.07) is 12.7. The van der Waals surface area contributed by atoms with Crippen molar-refractivity contribution in [1.82, 2.24) is 15.1 Å². The van der Waals surface area contributed by atoms with E-state index in [2.05, 4.69) is 15.5 Å². The summed E-state index contributed by atoms with van der Waals surface area (Å²) >= 11 is 11.9. The number of amides is 2. The molecule has 0 aliphatic carbocycles. The number of fused-ring (bicyclic) bond motifs is 1. The molecule has 6 nitrogen and oxygen atoms in total. The number of anilines is 1. The Labute approximate surface area is 172 Å². The maximum atomic E-state index is 12.5. The molecule has 0 radical (unpaired) electrons. The quantitative estimate of drug-likeness (QED) is 0.651. The maximum absolute atomic E-state index is 12.5. The van der Waals surface area contributed by atoms with E-state index in [1.807, 2.05) is 24.3 Å². The van der Waals surface area contributed by atoms with Crippen molar-refractivity contribution >= 4 is 45.7 Å². The minimum Gasteiger partial charge on any atom is -0.473 e. The molecule has 1 aliphatic rings. The van der Waals surface area contributed by atoms with E-state index in [0.717, 1.165) is 23.6 Å². The van der Waals surface area contributed by atoms with Crippen molar-refractivity contribution in [2.75, 3.05) is 18.4 Å². The molecule has 144 valence electrons. The third kappa shape index (κ3) is 4.13. The zero-order valence-electron chi connectivity index (χ0n) is 14.9. The van der Waals surface area contributed by atoms with Gasteiger partial charge in [-0.15, -0.1) is 5.10 Å². The highest BCUT2D eigenvalue weighted by Gasteiger charge is 2.25. The number of likely N-dealkylation sites (tertiary alicyclic amines) is 1. The third-order valence-corrected chi connectivity index (χ3v) is 5.45. The fraction of sp³-hybridized carbons (Fsp3) is 0.250. The molecule has 2 aromatic carbocycles. The van der Waals surface area contributed by atoms with Gasteiger partial charge in [-0.05, 0) is 24.3 Å². The molecule has 2 heterocycles. The Hall–Kier alpha value is -2.57. The molecule has 4 rings (SSSR count). The van der Waals surface area contributed by atoms with Gasteiger partial charge in [-0.1, -0.05) is 41.4 Å². The Kier molecular flexibility index (Phi) is 5.50. The molecule has 2 amide bonds. The lowest BCUT2D eigenvalue weighted by Crippen LogP contribution is -2.43. The molecule has 1 aliphatic heterocycles. The van der Waals surface area contributed by atoms with Crippen LogP contribution in [0.4, 0.5) is 10.5 Å². The molecule has 1 fully saturated rings. The first-order valence-electron chi connectivity index (χ1n) is 8.98. The number of hydrogen-bond donors (Lipinski definition) is 1. The van der Waals surface area contributed by atoms with E-state index in [9.17, 15) is 4.79 Å². The van der Waals surface area contributed by atoms with Crippen molar-refractivity contribution < 1.29 is 9.53 Å². The summed E-state index contributed by atoms with van der Waals surface area (Å²) in [5, 5.41) is 13.8. The predicted octanol–water partition coefficient (Wildman–Crippen LogP) is 5.01. The van der Waals surface area contributed by atoms with Crippen molar-refractivity contribution in [3.63, 3.8) is 0 Å². The Bertz CT molecular complexity index is 1000. The molecule has 0 bridgehead atoms. The minimum absolute atomic E-state index is 0.00543. The fourth-order valence-corrected chi connectivity index (χ4v) is 3.50. The lowest BCUT2D eigenvalue weighted by atomic mass is 10.1. The summed E-state index contributed by atoms with van der Waals surface area (Å²) in [7, 11) is 0. The summed E-state index contributed by atoms with van der Waals surface area (Å²) in [5.74, 6) is 0.539. The van der Waals surface area contributed by atoms with E-state index >= 15 is 0 Å². The van der Waals surface area contributed by atoms with Crippen LogP contribution < -0.4 is 10.1 Å². The SMILES string of the molecule is O=C(Nc1ccc(Cl)c(Cl)c1)N1CCC(Oc2nncc3ccccc23)CC1. The number of benzene rings is 2. The van der Waals surface area contributed by atoms with Crippen molar-refractivity contribution in [3.05, 3.63) is 58.7 Å². The summed E-state index contributed by atoms with van der Waals surface area (Å²) < 4.78 is 6.08. The molecule has 1 aromatic heterocycles. The topological polar surface area (TPSA) is 67.4 Å². The summed E-state index contributed by atoms with van der Waals surface area (Å²) in [5.41, 5.74) is 0.615. The number of rotatable bonds is 3. The van der Waals surface area contributed by atoms with Gasteiger partial charge in [-0.25, -0.2) is 4.79 Å². The molecule has 0 atom stereocenters. The van der Waals surface area contributed by atoms with Crippen LogP contribution in [0.2, 0.25) is 10.0 Å². The lowest BCUT2D eigenvalue weighted by Gasteiger charge is -2.32. The average Bonchev–Trinajstić information content (AvgIpc) is 2.71. The fourth-order valence-electron chi connectivity index (χ4n) is 3.20. The van der Waals surface area contributed by atoms with Crippen LogP contribution >= 0.6 is 23.2 Å². The van der Waals surface area contributed by atoms with Gasteiger partial charge in [0.15, 0.2) is 0 Å². The normalized spacial score (nSPS) is 14.9. The molecular weight excluding hydrogens is 399 g/mol. The predicted molar refractivity (Wildman–Crippen MR) is 110 cm³/mol. The standard InChI is InChI=1S/C20H18Cl2N4O2/c21-17-6-5-14(11-18(17)22)24-20(27)26-9-7-15(8-10-26)28-19-16-4-2-1-3-13(16)12-23-25-19/h1-6,11-12,15H,7-10H2,(H,24,27). The highest BCUT2D eigenvalue weighted by atomic mass is 35.5. The Morgan fingerprint density at radius 3 is 2.68 bits per heavy atom. The van der Waals surface area contributed by atoms with Crippen LogP contribution in [-0.2, 0) is 0 Å². The molecule has 3 aromatic rings.